The van der Waals surface area contributed by atoms with E-state index < -0.39 is 17.5 Å². The van der Waals surface area contributed by atoms with Gasteiger partial charge in [0.25, 0.3) is 0 Å². The zero-order chi connectivity index (χ0) is 14.2. The summed E-state index contributed by atoms with van der Waals surface area (Å²) in [6.45, 7) is 4.27. The molecule has 1 heterocycles. The summed E-state index contributed by atoms with van der Waals surface area (Å²) >= 11 is 0. The molecule has 0 bridgehead atoms. The van der Waals surface area contributed by atoms with Crippen LogP contribution in [-0.2, 0) is 13.6 Å². The summed E-state index contributed by atoms with van der Waals surface area (Å²) in [5, 5.41) is 2.78. The fraction of sp³-hybridized carbons (Fsp3) is 0.286. The molecule has 2 nitrogen and oxygen atoms in total. The molecule has 0 unspecified atom stereocenters. The van der Waals surface area contributed by atoms with Gasteiger partial charge >= 0.3 is 0 Å². The van der Waals surface area contributed by atoms with Crippen molar-refractivity contribution in [3.05, 3.63) is 52.6 Å². The highest BCUT2D eigenvalue weighted by Crippen LogP contribution is 2.21. The van der Waals surface area contributed by atoms with Crippen LogP contribution in [0.15, 0.2) is 18.2 Å². The van der Waals surface area contributed by atoms with Gasteiger partial charge in [0.05, 0.1) is 5.69 Å². The number of anilines is 1. The van der Waals surface area contributed by atoms with Crippen LogP contribution in [-0.4, -0.2) is 4.57 Å². The van der Waals surface area contributed by atoms with E-state index in [1.165, 1.54) is 6.07 Å². The molecule has 0 saturated carbocycles. The first-order valence-electron chi connectivity index (χ1n) is 5.91. The van der Waals surface area contributed by atoms with Gasteiger partial charge in [-0.05, 0) is 37.6 Å². The number of halogens is 3. The van der Waals surface area contributed by atoms with Crippen LogP contribution in [0.3, 0.4) is 0 Å². The smallest absolute Gasteiger partial charge is 0.196 e. The van der Waals surface area contributed by atoms with Crippen molar-refractivity contribution in [2.45, 2.75) is 20.4 Å². The maximum absolute atomic E-state index is 13.5. The Bertz CT molecular complexity index is 618. The van der Waals surface area contributed by atoms with E-state index in [1.807, 2.05) is 31.5 Å². The molecular weight excluding hydrogens is 253 g/mol. The van der Waals surface area contributed by atoms with E-state index in [0.717, 1.165) is 23.0 Å². The van der Waals surface area contributed by atoms with Crippen molar-refractivity contribution >= 4 is 5.69 Å². The SMILES string of the molecule is Cc1cc(CNc2ccc(F)c(F)c2F)c(C)n1C. The van der Waals surface area contributed by atoms with Crippen LogP contribution < -0.4 is 5.32 Å². The molecular formula is C14H15F3N2. The van der Waals surface area contributed by atoms with Gasteiger partial charge in [0.15, 0.2) is 17.5 Å². The molecule has 0 saturated heterocycles. The Morgan fingerprint density at radius 1 is 1.11 bits per heavy atom. The lowest BCUT2D eigenvalue weighted by Gasteiger charge is -2.08. The van der Waals surface area contributed by atoms with Crippen molar-refractivity contribution in [1.82, 2.24) is 4.57 Å². The lowest BCUT2D eigenvalue weighted by molar-refractivity contribution is 0.449. The minimum absolute atomic E-state index is 0.0418. The Morgan fingerprint density at radius 2 is 1.79 bits per heavy atom. The lowest BCUT2D eigenvalue weighted by Crippen LogP contribution is -2.05. The van der Waals surface area contributed by atoms with Gasteiger partial charge < -0.3 is 9.88 Å². The molecule has 19 heavy (non-hydrogen) atoms. The average Bonchev–Trinajstić information content (AvgIpc) is 2.63. The molecule has 2 aromatic rings. The van der Waals surface area contributed by atoms with Crippen molar-refractivity contribution < 1.29 is 13.2 Å². The molecule has 1 N–H and O–H groups in total. The normalized spacial score (nSPS) is 10.8. The van der Waals surface area contributed by atoms with Gasteiger partial charge in [-0.2, -0.15) is 0 Å². The third-order valence-electron chi connectivity index (χ3n) is 3.38. The van der Waals surface area contributed by atoms with E-state index in [4.69, 9.17) is 0 Å². The second kappa shape index (κ2) is 4.99. The lowest BCUT2D eigenvalue weighted by atomic mass is 10.2. The largest absolute Gasteiger partial charge is 0.378 e. The van der Waals surface area contributed by atoms with Gasteiger partial charge in [-0.3, -0.25) is 0 Å². The predicted octanol–water partition coefficient (Wildman–Crippen LogP) is 3.67. The van der Waals surface area contributed by atoms with Crippen molar-refractivity contribution in [1.29, 1.82) is 0 Å². The molecule has 1 aromatic heterocycles. The minimum atomic E-state index is -1.45. The van der Waals surface area contributed by atoms with Crippen molar-refractivity contribution in [2.75, 3.05) is 5.32 Å². The van der Waals surface area contributed by atoms with Crippen molar-refractivity contribution in [3.8, 4) is 0 Å². The van der Waals surface area contributed by atoms with Crippen LogP contribution in [0.25, 0.3) is 0 Å². The van der Waals surface area contributed by atoms with E-state index in [0.29, 0.717) is 6.54 Å². The standard InChI is InChI=1S/C14H15F3N2/c1-8-6-10(9(2)19(8)3)7-18-12-5-4-11(15)13(16)14(12)17/h4-6,18H,7H2,1-3H3. The number of rotatable bonds is 3. The van der Waals surface area contributed by atoms with E-state index in [2.05, 4.69) is 5.32 Å². The molecule has 0 aliphatic carbocycles. The highest BCUT2D eigenvalue weighted by molar-refractivity contribution is 5.46. The van der Waals surface area contributed by atoms with E-state index in [9.17, 15) is 13.2 Å². The number of nitrogens with zero attached hydrogens (tertiary/aromatic N) is 1. The number of aryl methyl sites for hydroxylation is 1. The fourth-order valence-electron chi connectivity index (χ4n) is 1.97. The van der Waals surface area contributed by atoms with Crippen LogP contribution in [0.5, 0.6) is 0 Å². The third-order valence-corrected chi connectivity index (χ3v) is 3.38. The van der Waals surface area contributed by atoms with Crippen LogP contribution >= 0.6 is 0 Å². The van der Waals surface area contributed by atoms with Gasteiger partial charge in [-0.25, -0.2) is 13.2 Å². The minimum Gasteiger partial charge on any atom is -0.378 e. The van der Waals surface area contributed by atoms with E-state index in [1.54, 1.807) is 0 Å². The average molecular weight is 268 g/mol. The van der Waals surface area contributed by atoms with Gasteiger partial charge in [0.1, 0.15) is 0 Å². The topological polar surface area (TPSA) is 17.0 Å². The first kappa shape index (κ1) is 13.5. The molecule has 0 spiro atoms. The number of nitrogens with one attached hydrogen (secondary N) is 1. The number of hydrogen-bond acceptors (Lipinski definition) is 1. The van der Waals surface area contributed by atoms with E-state index in [-0.39, 0.29) is 5.69 Å². The number of benzene rings is 1. The molecule has 0 radical (unpaired) electrons. The first-order chi connectivity index (χ1) is 8.91. The maximum atomic E-state index is 13.5. The first-order valence-corrected chi connectivity index (χ1v) is 5.91. The summed E-state index contributed by atoms with van der Waals surface area (Å²) in [5.74, 6) is -3.83. The molecule has 1 aromatic carbocycles. The summed E-state index contributed by atoms with van der Waals surface area (Å²) in [5.41, 5.74) is 3.08. The molecule has 0 amide bonds. The Hall–Kier alpha value is -1.91. The Morgan fingerprint density at radius 3 is 2.37 bits per heavy atom. The Labute approximate surface area is 109 Å². The highest BCUT2D eigenvalue weighted by Gasteiger charge is 2.13. The van der Waals surface area contributed by atoms with E-state index >= 15 is 0 Å². The van der Waals surface area contributed by atoms with Gasteiger partial charge in [0, 0.05) is 25.0 Å². The Balaban J connectivity index is 2.19. The molecule has 0 fully saturated rings. The van der Waals surface area contributed by atoms with Gasteiger partial charge in [-0.1, -0.05) is 0 Å². The molecule has 5 heteroatoms. The quantitative estimate of drug-likeness (QED) is 0.840. The monoisotopic (exact) mass is 268 g/mol. The number of aromatic nitrogens is 1. The van der Waals surface area contributed by atoms with Crippen molar-refractivity contribution in [2.24, 2.45) is 7.05 Å². The summed E-state index contributed by atoms with van der Waals surface area (Å²) < 4.78 is 41.3. The zero-order valence-corrected chi connectivity index (χ0v) is 11.0. The predicted molar refractivity (Wildman–Crippen MR) is 68.5 cm³/mol. The number of hydrogen-bond donors (Lipinski definition) is 1. The van der Waals surface area contributed by atoms with Crippen molar-refractivity contribution in [3.63, 3.8) is 0 Å². The second-order valence-electron chi connectivity index (χ2n) is 4.53. The second-order valence-corrected chi connectivity index (χ2v) is 4.53. The molecule has 2 rings (SSSR count). The summed E-state index contributed by atoms with van der Waals surface area (Å²) in [6.07, 6.45) is 0. The summed E-state index contributed by atoms with van der Waals surface area (Å²) in [6, 6.07) is 4.07. The molecule has 102 valence electrons. The van der Waals surface area contributed by atoms with Gasteiger partial charge in [-0.15, -0.1) is 0 Å². The van der Waals surface area contributed by atoms with Crippen LogP contribution in [0, 0.1) is 31.3 Å². The fourth-order valence-corrected chi connectivity index (χ4v) is 1.97. The van der Waals surface area contributed by atoms with Crippen LogP contribution in [0.4, 0.5) is 18.9 Å². The zero-order valence-electron chi connectivity index (χ0n) is 11.0. The molecule has 0 atom stereocenters. The maximum Gasteiger partial charge on any atom is 0.196 e. The summed E-state index contributed by atoms with van der Waals surface area (Å²) in [7, 11) is 1.94. The summed E-state index contributed by atoms with van der Waals surface area (Å²) in [4.78, 5) is 0. The van der Waals surface area contributed by atoms with Crippen LogP contribution in [0.1, 0.15) is 17.0 Å². The van der Waals surface area contributed by atoms with Gasteiger partial charge in [0.2, 0.25) is 0 Å². The Kier molecular flexibility index (Phi) is 3.55. The molecule has 0 aliphatic heterocycles. The molecule has 0 aliphatic rings. The third kappa shape index (κ3) is 2.45. The van der Waals surface area contributed by atoms with Crippen LogP contribution in [0.2, 0.25) is 0 Å². The highest BCUT2D eigenvalue weighted by atomic mass is 19.2.